The normalized spacial score (nSPS) is 32.8. The standard InChI is InChI=1S/C43H66N7O19P3S/c1-23(43(57)14-10-28-26-7-6-24-18-25(51)8-12-41(24,4)27(26)9-13-42(28,43)5)39(56)73-17-16-45-30(52)11-15-46-37(55)34(54)40(2,3)20-66-72(63,64)69-71(61,62)65-19-29-33(68-70(58,59)60)32(53)38(67-29)50-22-49-31-35(44)47-21-48-36(31)50/h18,21-23,26-29,32-34,38,53-54,57H,6-17,19-20H2,1-5H3,(H,45,52)(H,46,55)(H,61,62)(H,63,64)(H2,44,47,48)(H2,58,59,60)/p-4/t23-,26-,27+,28+,29-,32-,33-,34+,38-,41+,42+,43?/m1/s1. The summed E-state index contributed by atoms with van der Waals surface area (Å²) in [5.41, 5.74) is 3.69. The quantitative estimate of drug-likeness (QED) is 0.0709. The predicted octanol–water partition coefficient (Wildman–Crippen LogP) is 0.0358. The third kappa shape index (κ3) is 12.2. The highest BCUT2D eigenvalue weighted by atomic mass is 32.2. The van der Waals surface area contributed by atoms with Gasteiger partial charge in [-0.1, -0.05) is 52.0 Å². The van der Waals surface area contributed by atoms with Crippen LogP contribution in [0.5, 0.6) is 0 Å². The van der Waals surface area contributed by atoms with Gasteiger partial charge in [0.2, 0.25) is 11.8 Å². The van der Waals surface area contributed by atoms with Crippen molar-refractivity contribution in [1.82, 2.24) is 30.2 Å². The molecule has 30 heteroatoms. The molecule has 0 bridgehead atoms. The lowest BCUT2D eigenvalue weighted by atomic mass is 9.46. The smallest absolute Gasteiger partial charge is 0.274 e. The van der Waals surface area contributed by atoms with Crippen LogP contribution < -0.4 is 35.9 Å². The molecule has 4 fully saturated rings. The number of nitrogens with zero attached hydrogens (tertiary/aromatic N) is 4. The van der Waals surface area contributed by atoms with Crippen molar-refractivity contribution < 1.29 is 90.4 Å². The summed E-state index contributed by atoms with van der Waals surface area (Å²) in [6.07, 6.45) is 0.522. The first kappa shape index (κ1) is 57.6. The van der Waals surface area contributed by atoms with Gasteiger partial charge in [-0.05, 0) is 74.2 Å². The molecule has 2 aromatic rings. The Morgan fingerprint density at radius 2 is 1.70 bits per heavy atom. The minimum Gasteiger partial charge on any atom is -0.790 e. The van der Waals surface area contributed by atoms with Crippen molar-refractivity contribution in [2.75, 3.05) is 37.8 Å². The van der Waals surface area contributed by atoms with Crippen LogP contribution in [-0.2, 0) is 55.5 Å². The lowest BCUT2D eigenvalue weighted by Gasteiger charge is -2.59. The molecule has 408 valence electrons. The third-order valence-electron chi connectivity index (χ3n) is 16.0. The molecule has 26 nitrogen and oxygen atoms in total. The second kappa shape index (κ2) is 21.8. The highest BCUT2D eigenvalue weighted by Gasteiger charge is 2.66. The Labute approximate surface area is 424 Å². The number of fused-ring (bicyclic) bond motifs is 6. The van der Waals surface area contributed by atoms with Gasteiger partial charge in [-0.15, -0.1) is 0 Å². The lowest BCUT2D eigenvalue weighted by molar-refractivity contribution is -0.347. The number of imidazole rings is 1. The number of thioether (sulfide) groups is 1. The fraction of sp³-hybridized carbons (Fsp3) is 0.744. The van der Waals surface area contributed by atoms with Gasteiger partial charge in [0.25, 0.3) is 15.6 Å². The van der Waals surface area contributed by atoms with Gasteiger partial charge in [0.05, 0.1) is 38.9 Å². The molecule has 7 rings (SSSR count). The molecule has 0 spiro atoms. The highest BCUT2D eigenvalue weighted by molar-refractivity contribution is 8.13. The number of aromatic nitrogens is 4. The van der Waals surface area contributed by atoms with Gasteiger partial charge in [-0.3, -0.25) is 32.9 Å². The van der Waals surface area contributed by atoms with E-state index in [4.69, 9.17) is 10.5 Å². The molecule has 2 aromatic heterocycles. The van der Waals surface area contributed by atoms with E-state index in [2.05, 4.69) is 57.3 Å². The Morgan fingerprint density at radius 3 is 2.41 bits per heavy atom. The molecule has 4 aliphatic carbocycles. The minimum absolute atomic E-state index is 0.00687. The second-order valence-electron chi connectivity index (χ2n) is 20.8. The van der Waals surface area contributed by atoms with Crippen molar-refractivity contribution in [1.29, 1.82) is 0 Å². The average molecular weight is 1110 g/mol. The molecule has 1 saturated heterocycles. The monoisotopic (exact) mass is 1110 g/mol. The van der Waals surface area contributed by atoms with E-state index in [1.807, 2.05) is 6.08 Å². The van der Waals surface area contributed by atoms with Crippen LogP contribution in [0.2, 0.25) is 0 Å². The van der Waals surface area contributed by atoms with Gasteiger partial charge in [0.1, 0.15) is 36.3 Å². The van der Waals surface area contributed by atoms with E-state index in [1.165, 1.54) is 19.4 Å². The van der Waals surface area contributed by atoms with E-state index >= 15 is 0 Å². The van der Waals surface area contributed by atoms with Crippen molar-refractivity contribution in [3.63, 3.8) is 0 Å². The fourth-order valence-corrected chi connectivity index (χ4v) is 15.5. The number of hydrogen-bond donors (Lipinski definition) is 6. The number of anilines is 1. The Bertz CT molecular complexity index is 2620. The number of nitrogens with two attached hydrogens (primary N) is 1. The van der Waals surface area contributed by atoms with Crippen LogP contribution in [0.4, 0.5) is 5.82 Å². The van der Waals surface area contributed by atoms with Crippen LogP contribution in [0.3, 0.4) is 0 Å². The van der Waals surface area contributed by atoms with E-state index in [9.17, 15) is 67.8 Å². The van der Waals surface area contributed by atoms with E-state index < -0.39 is 101 Å². The van der Waals surface area contributed by atoms with Gasteiger partial charge in [-0.2, -0.15) is 0 Å². The molecule has 3 saturated carbocycles. The van der Waals surface area contributed by atoms with E-state index in [0.717, 1.165) is 67.5 Å². The van der Waals surface area contributed by atoms with Crippen molar-refractivity contribution in [2.24, 2.45) is 39.9 Å². The molecule has 3 unspecified atom stereocenters. The van der Waals surface area contributed by atoms with Crippen LogP contribution >= 0.6 is 35.2 Å². The summed E-state index contributed by atoms with van der Waals surface area (Å²) in [7, 11) is -17.7. The lowest BCUT2D eigenvalue weighted by Crippen LogP contribution is -2.57. The van der Waals surface area contributed by atoms with Gasteiger partial charge >= 0.3 is 0 Å². The molecule has 1 aliphatic heterocycles. The summed E-state index contributed by atoms with van der Waals surface area (Å²) in [6, 6.07) is 0. The molecule has 73 heavy (non-hydrogen) atoms. The summed E-state index contributed by atoms with van der Waals surface area (Å²) < 4.78 is 61.1. The van der Waals surface area contributed by atoms with E-state index in [1.54, 1.807) is 6.92 Å². The van der Waals surface area contributed by atoms with Gasteiger partial charge in [0.15, 0.2) is 28.6 Å². The zero-order chi connectivity index (χ0) is 53.7. The Hall–Kier alpha value is -3.07. The number of phosphoric acid groups is 3. The molecule has 0 aromatic carbocycles. The number of carbonyl (C=O) groups excluding carboxylic acids is 4. The maximum Gasteiger partial charge on any atom is 0.274 e. The van der Waals surface area contributed by atoms with Crippen molar-refractivity contribution in [3.8, 4) is 0 Å². The number of nitrogen functional groups attached to an aromatic ring is 1. The van der Waals surface area contributed by atoms with Crippen LogP contribution in [0.25, 0.3) is 11.2 Å². The van der Waals surface area contributed by atoms with Gasteiger partial charge in [0, 0.05) is 42.5 Å². The molecular weight excluding hydrogens is 1040 g/mol. The summed E-state index contributed by atoms with van der Waals surface area (Å²) in [6.45, 7) is 6.17. The molecule has 3 heterocycles. The number of nitrogens with one attached hydrogen (secondary N) is 2. The summed E-state index contributed by atoms with van der Waals surface area (Å²) in [5, 5.41) is 38.8. The first-order chi connectivity index (χ1) is 33.9. The first-order valence-corrected chi connectivity index (χ1v) is 29.2. The summed E-state index contributed by atoms with van der Waals surface area (Å²) in [5.74, 6) is -0.706. The average Bonchev–Trinajstić information content (AvgIpc) is 3.96. The number of rotatable bonds is 21. The number of hydrogen-bond acceptors (Lipinski definition) is 24. The number of allylic oxidation sites excluding steroid dienone is 1. The minimum atomic E-state index is -5.95. The Balaban J connectivity index is 0.811. The van der Waals surface area contributed by atoms with Crippen molar-refractivity contribution in [3.05, 3.63) is 24.3 Å². The summed E-state index contributed by atoms with van der Waals surface area (Å²) >= 11 is 1.03. The molecule has 5 aliphatic rings. The van der Waals surface area contributed by atoms with E-state index in [-0.39, 0.29) is 64.5 Å². The Kier molecular flexibility index (Phi) is 17.2. The van der Waals surface area contributed by atoms with Gasteiger partial charge < -0.3 is 74.1 Å². The Morgan fingerprint density at radius 1 is 1.00 bits per heavy atom. The molecule has 7 N–H and O–H groups in total. The highest BCUT2D eigenvalue weighted by Crippen LogP contribution is 2.69. The van der Waals surface area contributed by atoms with Crippen LogP contribution in [-0.4, -0.2) is 120 Å². The van der Waals surface area contributed by atoms with Crippen molar-refractivity contribution >= 4 is 74.9 Å². The van der Waals surface area contributed by atoms with Crippen LogP contribution in [0.15, 0.2) is 24.3 Å². The third-order valence-corrected chi connectivity index (χ3v) is 20.0. The number of carbonyl (C=O) groups is 4. The topological polar surface area (TPSA) is 412 Å². The number of ketones is 1. The number of aliphatic hydroxyl groups excluding tert-OH is 2. The molecular formula is C43H62N7O19P3S-4. The number of phosphoric ester groups is 3. The molecule has 0 radical (unpaired) electrons. The molecule has 14 atom stereocenters. The largest absolute Gasteiger partial charge is 0.790 e. The zero-order valence-electron chi connectivity index (χ0n) is 40.8. The van der Waals surface area contributed by atoms with Crippen LogP contribution in [0.1, 0.15) is 98.6 Å². The first-order valence-electron chi connectivity index (χ1n) is 23.9. The van der Waals surface area contributed by atoms with Crippen LogP contribution in [0, 0.1) is 39.9 Å². The van der Waals surface area contributed by atoms with Crippen molar-refractivity contribution in [2.45, 2.75) is 129 Å². The predicted molar refractivity (Wildman–Crippen MR) is 249 cm³/mol. The second-order valence-corrected chi connectivity index (χ2v) is 25.9. The fourth-order valence-electron chi connectivity index (χ4n) is 11.9. The van der Waals surface area contributed by atoms with E-state index in [0.29, 0.717) is 24.7 Å². The number of amides is 2. The summed E-state index contributed by atoms with van der Waals surface area (Å²) in [4.78, 5) is 111. The SMILES string of the molecule is C[C@H](C(=O)SCCNC(=O)CCNC(=O)[C@H](O)C(C)(C)COP(=O)([O-])OP(=O)([O-])OC[C@H]1O[C@@H](n2cnc3c(N)ncnc32)[C@H](O)[C@@H]1OP(=O)([O-])[O-])C1(O)CC[C@H]2[C@@H]3CCC4=CC(=O)CC[C@]4(C)[C@H]3CC[C@@]21C. The maximum absolute atomic E-state index is 13.6. The van der Waals surface area contributed by atoms with Gasteiger partial charge in [-0.25, -0.2) is 19.3 Å². The zero-order valence-corrected chi connectivity index (χ0v) is 44.3. The maximum atomic E-state index is 13.6. The number of aliphatic hydroxyl groups is 3. The molecule has 2 amide bonds. The number of ether oxygens (including phenoxy) is 1.